The molecule has 10 nitrogen and oxygen atoms in total. The van der Waals surface area contributed by atoms with Crippen molar-refractivity contribution in [3.63, 3.8) is 0 Å². The lowest BCUT2D eigenvalue weighted by Crippen LogP contribution is -2.25. The fourth-order valence-electron chi connectivity index (χ4n) is 1.77. The van der Waals surface area contributed by atoms with Crippen molar-refractivity contribution < 1.29 is 14.8 Å². The molecule has 0 bridgehead atoms. The zero-order valence-electron chi connectivity index (χ0n) is 11.0. The van der Waals surface area contributed by atoms with Crippen LogP contribution in [-0.2, 0) is 6.54 Å². The van der Waals surface area contributed by atoms with Crippen molar-refractivity contribution in [2.24, 2.45) is 0 Å². The predicted molar refractivity (Wildman–Crippen MR) is 69.5 cm³/mol. The Kier molecular flexibility index (Phi) is 3.78. The highest BCUT2D eigenvalue weighted by atomic mass is 16.6. The number of hydrogen-bond donors (Lipinski definition) is 1. The van der Waals surface area contributed by atoms with Crippen molar-refractivity contribution in [3.05, 3.63) is 44.8 Å². The molecule has 0 aliphatic carbocycles. The van der Waals surface area contributed by atoms with Gasteiger partial charge in [-0.05, 0) is 6.42 Å². The Balaban J connectivity index is 2.60. The first-order valence-corrected chi connectivity index (χ1v) is 5.98. The minimum atomic E-state index is -1.55. The van der Waals surface area contributed by atoms with Gasteiger partial charge in [0, 0.05) is 18.9 Å². The second kappa shape index (κ2) is 5.53. The fraction of sp³-hybridized carbons (Fsp3) is 0.273. The molecule has 110 valence electrons. The number of hydrogen-bond acceptors (Lipinski definition) is 6. The third-order valence-corrected chi connectivity index (χ3v) is 2.67. The average Bonchev–Trinajstić information content (AvgIpc) is 2.86. The molecule has 21 heavy (non-hydrogen) atoms. The van der Waals surface area contributed by atoms with E-state index in [0.717, 1.165) is 10.9 Å². The summed E-state index contributed by atoms with van der Waals surface area (Å²) >= 11 is 0. The Morgan fingerprint density at radius 3 is 2.76 bits per heavy atom. The first-order chi connectivity index (χ1) is 9.95. The number of rotatable bonds is 5. The maximum Gasteiger partial charge on any atom is 0.363 e. The molecule has 10 heteroatoms. The fourth-order valence-corrected chi connectivity index (χ4v) is 1.77. The van der Waals surface area contributed by atoms with Crippen molar-refractivity contribution in [1.29, 1.82) is 0 Å². The van der Waals surface area contributed by atoms with E-state index in [4.69, 9.17) is 5.11 Å². The third-order valence-electron chi connectivity index (χ3n) is 2.67. The van der Waals surface area contributed by atoms with E-state index in [1.54, 1.807) is 0 Å². The standard InChI is InChI=1S/C11H11N5O5/c1-2-4-14-5-3-12-9(10(14)17)15-6-7(16(20)21)8(13-15)11(18)19/h3,5-6H,2,4H2,1H3,(H,18,19). The van der Waals surface area contributed by atoms with Crippen molar-refractivity contribution in [2.45, 2.75) is 19.9 Å². The lowest BCUT2D eigenvalue weighted by Gasteiger charge is -2.04. The van der Waals surface area contributed by atoms with Crippen molar-refractivity contribution >= 4 is 11.7 Å². The largest absolute Gasteiger partial charge is 0.476 e. The summed E-state index contributed by atoms with van der Waals surface area (Å²) in [7, 11) is 0. The van der Waals surface area contributed by atoms with Crippen LogP contribution in [0.25, 0.3) is 5.82 Å². The summed E-state index contributed by atoms with van der Waals surface area (Å²) in [6, 6.07) is 0. The van der Waals surface area contributed by atoms with E-state index in [1.165, 1.54) is 17.0 Å². The summed E-state index contributed by atoms with van der Waals surface area (Å²) in [4.78, 5) is 36.8. The van der Waals surface area contributed by atoms with Crippen LogP contribution in [0.4, 0.5) is 5.69 Å². The molecule has 0 radical (unpaired) electrons. The van der Waals surface area contributed by atoms with E-state index >= 15 is 0 Å². The van der Waals surface area contributed by atoms with E-state index in [-0.39, 0.29) is 5.82 Å². The van der Waals surface area contributed by atoms with Crippen LogP contribution < -0.4 is 5.56 Å². The molecular formula is C11H11N5O5. The van der Waals surface area contributed by atoms with Gasteiger partial charge in [-0.2, -0.15) is 5.10 Å². The van der Waals surface area contributed by atoms with Crippen LogP contribution in [0.3, 0.4) is 0 Å². The van der Waals surface area contributed by atoms with Gasteiger partial charge in [0.05, 0.1) is 4.92 Å². The molecule has 0 fully saturated rings. The van der Waals surface area contributed by atoms with E-state index in [1.807, 2.05) is 6.92 Å². The summed E-state index contributed by atoms with van der Waals surface area (Å²) in [5.41, 5.74) is -1.95. The molecule has 0 amide bonds. The number of aromatic nitrogens is 4. The van der Waals surface area contributed by atoms with E-state index in [2.05, 4.69) is 10.1 Å². The summed E-state index contributed by atoms with van der Waals surface area (Å²) in [5, 5.41) is 23.3. The van der Waals surface area contributed by atoms with Crippen LogP contribution in [0.15, 0.2) is 23.4 Å². The normalized spacial score (nSPS) is 10.5. The Morgan fingerprint density at radius 2 is 2.24 bits per heavy atom. The second-order valence-corrected chi connectivity index (χ2v) is 4.12. The molecule has 2 rings (SSSR count). The van der Waals surface area contributed by atoms with Gasteiger partial charge in [-0.3, -0.25) is 14.9 Å². The van der Waals surface area contributed by atoms with Crippen molar-refractivity contribution in [1.82, 2.24) is 19.3 Å². The highest BCUT2D eigenvalue weighted by Crippen LogP contribution is 2.17. The number of aryl methyl sites for hydroxylation is 1. The molecule has 2 heterocycles. The molecule has 2 aromatic heterocycles. The van der Waals surface area contributed by atoms with E-state index in [9.17, 15) is 19.7 Å². The summed E-state index contributed by atoms with van der Waals surface area (Å²) < 4.78 is 2.19. The minimum absolute atomic E-state index is 0.193. The minimum Gasteiger partial charge on any atom is -0.476 e. The molecule has 0 aliphatic rings. The lowest BCUT2D eigenvalue weighted by molar-refractivity contribution is -0.385. The van der Waals surface area contributed by atoms with Crippen LogP contribution in [-0.4, -0.2) is 35.3 Å². The molecule has 0 atom stereocenters. The molecule has 0 unspecified atom stereocenters. The van der Waals surface area contributed by atoms with Gasteiger partial charge in [-0.1, -0.05) is 6.92 Å². The molecular weight excluding hydrogens is 282 g/mol. The second-order valence-electron chi connectivity index (χ2n) is 4.12. The van der Waals surface area contributed by atoms with Gasteiger partial charge in [-0.15, -0.1) is 0 Å². The highest BCUT2D eigenvalue weighted by Gasteiger charge is 2.26. The Bertz CT molecular complexity index is 731. The molecule has 0 spiro atoms. The predicted octanol–water partition coefficient (Wildman–Crippen LogP) is 0.445. The van der Waals surface area contributed by atoms with E-state index < -0.39 is 27.8 Å². The Hall–Kier alpha value is -3.04. The van der Waals surface area contributed by atoms with Crippen LogP contribution >= 0.6 is 0 Å². The van der Waals surface area contributed by atoms with Gasteiger partial charge >= 0.3 is 11.7 Å². The monoisotopic (exact) mass is 293 g/mol. The zero-order chi connectivity index (χ0) is 15.6. The van der Waals surface area contributed by atoms with Crippen LogP contribution in [0, 0.1) is 10.1 Å². The van der Waals surface area contributed by atoms with E-state index in [0.29, 0.717) is 13.0 Å². The van der Waals surface area contributed by atoms with Crippen LogP contribution in [0.5, 0.6) is 0 Å². The first-order valence-electron chi connectivity index (χ1n) is 5.98. The highest BCUT2D eigenvalue weighted by molar-refractivity contribution is 5.89. The first kappa shape index (κ1) is 14.4. The van der Waals surface area contributed by atoms with Crippen LogP contribution in [0.2, 0.25) is 0 Å². The smallest absolute Gasteiger partial charge is 0.363 e. The molecule has 0 saturated heterocycles. The van der Waals surface area contributed by atoms with Crippen molar-refractivity contribution in [3.8, 4) is 5.82 Å². The van der Waals surface area contributed by atoms with Gasteiger partial charge < -0.3 is 9.67 Å². The number of nitro groups is 1. The van der Waals surface area contributed by atoms with Gasteiger partial charge in [0.25, 0.3) is 5.56 Å². The summed E-state index contributed by atoms with van der Waals surface area (Å²) in [5.74, 6) is -1.74. The molecule has 0 aromatic carbocycles. The zero-order valence-corrected chi connectivity index (χ0v) is 11.0. The number of carboxylic acids is 1. The Morgan fingerprint density at radius 1 is 1.52 bits per heavy atom. The number of aromatic carboxylic acids is 1. The maximum absolute atomic E-state index is 12.1. The number of carbonyl (C=O) groups is 1. The average molecular weight is 293 g/mol. The molecule has 2 aromatic rings. The maximum atomic E-state index is 12.1. The van der Waals surface area contributed by atoms with Gasteiger partial charge in [0.15, 0.2) is 0 Å². The SMILES string of the molecule is CCCn1ccnc(-n2cc([N+](=O)[O-])c(C(=O)O)n2)c1=O. The summed E-state index contributed by atoms with van der Waals surface area (Å²) in [6.45, 7) is 2.33. The van der Waals surface area contributed by atoms with Gasteiger partial charge in [-0.25, -0.2) is 14.5 Å². The van der Waals surface area contributed by atoms with Crippen molar-refractivity contribution in [2.75, 3.05) is 0 Å². The molecule has 0 aliphatic heterocycles. The Labute approximate surface area is 117 Å². The third kappa shape index (κ3) is 2.63. The van der Waals surface area contributed by atoms with Crippen LogP contribution in [0.1, 0.15) is 23.8 Å². The molecule has 0 saturated carbocycles. The quantitative estimate of drug-likeness (QED) is 0.624. The van der Waals surface area contributed by atoms with Gasteiger partial charge in [0.1, 0.15) is 6.20 Å². The number of carboxylic acid groups (broad SMARTS) is 1. The number of nitrogens with zero attached hydrogens (tertiary/aromatic N) is 5. The molecule has 1 N–H and O–H groups in total. The van der Waals surface area contributed by atoms with Gasteiger partial charge in [0.2, 0.25) is 11.5 Å². The lowest BCUT2D eigenvalue weighted by atomic mass is 10.4. The summed E-state index contributed by atoms with van der Waals surface area (Å²) in [6.07, 6.45) is 4.40. The topological polar surface area (TPSA) is 133 Å².